The number of nitrogens with one attached hydrogen (secondary N) is 1. The fourth-order valence-electron chi connectivity index (χ4n) is 4.01. The van der Waals surface area contributed by atoms with Gasteiger partial charge in [0.2, 0.25) is 0 Å². The fourth-order valence-corrected chi connectivity index (χ4v) is 4.01. The second-order valence-electron chi connectivity index (χ2n) is 8.13. The maximum absolute atomic E-state index is 12.7. The average molecular weight is 419 g/mol. The fraction of sp³-hybridized carbons (Fsp3) is 0.375. The molecule has 2 aromatic carbocycles. The Kier molecular flexibility index (Phi) is 6.32. The van der Waals surface area contributed by atoms with Gasteiger partial charge in [-0.05, 0) is 44.5 Å². The average Bonchev–Trinajstić information content (AvgIpc) is 3.16. The van der Waals surface area contributed by atoms with E-state index in [0.717, 1.165) is 44.0 Å². The zero-order valence-electron chi connectivity index (χ0n) is 18.5. The number of carbonyl (C=O) groups excluding carboxylic acids is 1. The van der Waals surface area contributed by atoms with Crippen LogP contribution in [0.3, 0.4) is 0 Å². The van der Waals surface area contributed by atoms with Crippen molar-refractivity contribution >= 4 is 11.6 Å². The van der Waals surface area contributed by atoms with Crippen molar-refractivity contribution in [2.24, 2.45) is 0 Å². The van der Waals surface area contributed by atoms with E-state index >= 15 is 0 Å². The summed E-state index contributed by atoms with van der Waals surface area (Å²) in [5, 5.41) is 11.9. The Labute approximate surface area is 183 Å². The first kappa shape index (κ1) is 21.1. The number of hydrogen-bond acceptors (Lipinski definition) is 5. The van der Waals surface area contributed by atoms with Crippen LogP contribution in [0.2, 0.25) is 0 Å². The van der Waals surface area contributed by atoms with Gasteiger partial charge in [-0.3, -0.25) is 9.69 Å². The molecule has 0 atom stereocenters. The van der Waals surface area contributed by atoms with Crippen LogP contribution in [0.1, 0.15) is 27.3 Å². The van der Waals surface area contributed by atoms with Crippen LogP contribution >= 0.6 is 0 Å². The van der Waals surface area contributed by atoms with Crippen molar-refractivity contribution in [3.8, 4) is 5.69 Å². The molecule has 7 nitrogen and oxygen atoms in total. The Morgan fingerprint density at radius 2 is 1.71 bits per heavy atom. The summed E-state index contributed by atoms with van der Waals surface area (Å²) in [7, 11) is 0. The van der Waals surface area contributed by atoms with Gasteiger partial charge in [-0.2, -0.15) is 9.90 Å². The van der Waals surface area contributed by atoms with Gasteiger partial charge in [-0.25, -0.2) is 0 Å². The molecule has 0 spiro atoms. The molecule has 0 radical (unpaired) electrons. The molecule has 1 aliphatic rings. The molecular weight excluding hydrogens is 388 g/mol. The Balaban J connectivity index is 1.28. The summed E-state index contributed by atoms with van der Waals surface area (Å²) in [6.45, 7) is 11.3. The number of aromatic nitrogens is 3. The summed E-state index contributed by atoms with van der Waals surface area (Å²) in [5.74, 6) is -0.170. The molecule has 1 N–H and O–H groups in total. The van der Waals surface area contributed by atoms with Gasteiger partial charge in [0.25, 0.3) is 5.91 Å². The van der Waals surface area contributed by atoms with Crippen molar-refractivity contribution < 1.29 is 4.79 Å². The minimum atomic E-state index is -0.170. The first-order valence-electron chi connectivity index (χ1n) is 10.8. The predicted octanol–water partition coefficient (Wildman–Crippen LogP) is 2.74. The monoisotopic (exact) mass is 418 g/mol. The minimum Gasteiger partial charge on any atom is -0.369 e. The number of aryl methyl sites for hydroxylation is 3. The van der Waals surface area contributed by atoms with Crippen molar-refractivity contribution in [2.45, 2.75) is 20.8 Å². The zero-order valence-corrected chi connectivity index (χ0v) is 18.5. The largest absolute Gasteiger partial charge is 0.369 e. The third-order valence-electron chi connectivity index (χ3n) is 5.77. The number of amides is 1. The Bertz CT molecular complexity index is 1040. The van der Waals surface area contributed by atoms with E-state index in [1.54, 1.807) is 4.80 Å². The molecule has 1 amide bonds. The van der Waals surface area contributed by atoms with Crippen LogP contribution in [0, 0.1) is 20.8 Å². The van der Waals surface area contributed by atoms with E-state index in [4.69, 9.17) is 0 Å². The van der Waals surface area contributed by atoms with Crippen molar-refractivity contribution in [1.82, 2.24) is 25.2 Å². The summed E-state index contributed by atoms with van der Waals surface area (Å²) in [5.41, 5.74) is 5.45. The molecule has 31 heavy (non-hydrogen) atoms. The van der Waals surface area contributed by atoms with Gasteiger partial charge in [0.15, 0.2) is 5.69 Å². The van der Waals surface area contributed by atoms with Crippen molar-refractivity contribution in [2.75, 3.05) is 44.2 Å². The molecule has 0 unspecified atom stereocenters. The molecule has 0 saturated carbocycles. The van der Waals surface area contributed by atoms with Crippen LogP contribution in [0.15, 0.2) is 48.5 Å². The number of anilines is 1. The number of para-hydroxylation sites is 1. The van der Waals surface area contributed by atoms with E-state index in [-0.39, 0.29) is 5.91 Å². The lowest BCUT2D eigenvalue weighted by atomic mass is 10.1. The number of piperazine rings is 1. The summed E-state index contributed by atoms with van der Waals surface area (Å²) < 4.78 is 0. The third kappa shape index (κ3) is 4.94. The Hall–Kier alpha value is -3.19. The first-order valence-corrected chi connectivity index (χ1v) is 10.8. The highest BCUT2D eigenvalue weighted by Gasteiger charge is 2.19. The molecule has 162 valence electrons. The maximum atomic E-state index is 12.7. The van der Waals surface area contributed by atoms with E-state index in [2.05, 4.69) is 62.6 Å². The molecule has 1 aromatic heterocycles. The number of carbonyl (C=O) groups is 1. The molecule has 1 saturated heterocycles. The first-order chi connectivity index (χ1) is 15.0. The SMILES string of the molecule is Cc1ccc(-n2nc(C)c(C(=O)NCCN3CCN(c4ccccc4)CC3)n2)c(C)c1. The minimum absolute atomic E-state index is 0.170. The molecule has 7 heteroatoms. The van der Waals surface area contributed by atoms with Crippen LogP contribution in [0.25, 0.3) is 5.69 Å². The van der Waals surface area contributed by atoms with E-state index in [9.17, 15) is 4.79 Å². The van der Waals surface area contributed by atoms with Gasteiger partial charge in [0.1, 0.15) is 0 Å². The van der Waals surface area contributed by atoms with Crippen molar-refractivity contribution in [1.29, 1.82) is 0 Å². The second kappa shape index (κ2) is 9.31. The van der Waals surface area contributed by atoms with Gasteiger partial charge in [-0.15, -0.1) is 5.10 Å². The summed E-state index contributed by atoms with van der Waals surface area (Å²) in [6.07, 6.45) is 0. The zero-order chi connectivity index (χ0) is 21.8. The summed E-state index contributed by atoms with van der Waals surface area (Å²) in [4.78, 5) is 19.0. The highest BCUT2D eigenvalue weighted by molar-refractivity contribution is 5.93. The number of nitrogens with zero attached hydrogens (tertiary/aromatic N) is 5. The second-order valence-corrected chi connectivity index (χ2v) is 8.13. The quantitative estimate of drug-likeness (QED) is 0.667. The van der Waals surface area contributed by atoms with Crippen LogP contribution < -0.4 is 10.2 Å². The van der Waals surface area contributed by atoms with E-state index < -0.39 is 0 Å². The van der Waals surface area contributed by atoms with Crippen LogP contribution in [0.4, 0.5) is 5.69 Å². The molecule has 1 aliphatic heterocycles. The highest BCUT2D eigenvalue weighted by atomic mass is 16.2. The molecule has 4 rings (SSSR count). The van der Waals surface area contributed by atoms with Gasteiger partial charge in [0.05, 0.1) is 11.4 Å². The van der Waals surface area contributed by atoms with E-state index in [0.29, 0.717) is 17.9 Å². The van der Waals surface area contributed by atoms with E-state index in [1.807, 2.05) is 32.0 Å². The topological polar surface area (TPSA) is 66.3 Å². The van der Waals surface area contributed by atoms with Crippen LogP contribution in [-0.4, -0.2) is 65.1 Å². The maximum Gasteiger partial charge on any atom is 0.273 e. The predicted molar refractivity (Wildman–Crippen MR) is 123 cm³/mol. The molecule has 0 bridgehead atoms. The summed E-state index contributed by atoms with van der Waals surface area (Å²) >= 11 is 0. The van der Waals surface area contributed by atoms with Crippen molar-refractivity contribution in [3.63, 3.8) is 0 Å². The molecule has 2 heterocycles. The normalized spacial score (nSPS) is 14.6. The smallest absolute Gasteiger partial charge is 0.273 e. The van der Waals surface area contributed by atoms with Crippen molar-refractivity contribution in [3.05, 3.63) is 71.0 Å². The Morgan fingerprint density at radius 3 is 2.42 bits per heavy atom. The molecule has 0 aliphatic carbocycles. The molecular formula is C24H30N6O. The molecule has 3 aromatic rings. The summed E-state index contributed by atoms with van der Waals surface area (Å²) in [6, 6.07) is 16.6. The van der Waals surface area contributed by atoms with Crippen LogP contribution in [0.5, 0.6) is 0 Å². The number of rotatable bonds is 6. The standard InChI is InChI=1S/C24H30N6O/c1-18-9-10-22(19(2)17-18)30-26-20(3)23(27-30)24(31)25-11-12-28-13-15-29(16-14-28)21-7-5-4-6-8-21/h4-10,17H,11-16H2,1-3H3,(H,25,31). The van der Waals surface area contributed by atoms with E-state index in [1.165, 1.54) is 11.3 Å². The third-order valence-corrected chi connectivity index (χ3v) is 5.77. The van der Waals surface area contributed by atoms with Gasteiger partial charge in [0, 0.05) is 45.0 Å². The lowest BCUT2D eigenvalue weighted by Crippen LogP contribution is -2.48. The number of hydrogen-bond donors (Lipinski definition) is 1. The van der Waals surface area contributed by atoms with Gasteiger partial charge in [-0.1, -0.05) is 35.9 Å². The lowest BCUT2D eigenvalue weighted by molar-refractivity contribution is 0.0941. The number of benzene rings is 2. The van der Waals surface area contributed by atoms with Crippen LogP contribution in [-0.2, 0) is 0 Å². The Morgan fingerprint density at radius 1 is 0.968 bits per heavy atom. The van der Waals surface area contributed by atoms with Gasteiger partial charge >= 0.3 is 0 Å². The molecule has 1 fully saturated rings. The van der Waals surface area contributed by atoms with Gasteiger partial charge < -0.3 is 10.2 Å². The lowest BCUT2D eigenvalue weighted by Gasteiger charge is -2.36. The highest BCUT2D eigenvalue weighted by Crippen LogP contribution is 2.16.